The van der Waals surface area contributed by atoms with Crippen LogP contribution in [0.1, 0.15) is 94.3 Å². The fourth-order valence-electron chi connectivity index (χ4n) is 2.89. The highest BCUT2D eigenvalue weighted by Crippen LogP contribution is 2.28. The minimum atomic E-state index is -0.170. The van der Waals surface area contributed by atoms with Crippen molar-refractivity contribution in [2.75, 3.05) is 0 Å². The smallest absolute Gasteiger partial charge is 0.170 e. The van der Waals surface area contributed by atoms with Crippen LogP contribution in [0.3, 0.4) is 0 Å². The molecule has 0 aliphatic rings. The van der Waals surface area contributed by atoms with Gasteiger partial charge >= 0.3 is 0 Å². The maximum Gasteiger partial charge on any atom is 0.170 e. The summed E-state index contributed by atoms with van der Waals surface area (Å²) in [5.74, 6) is -0.423. The molecule has 0 bridgehead atoms. The molecule has 0 unspecified atom stereocenters. The quantitative estimate of drug-likeness (QED) is 0.347. The number of phenolic OH excluding ortho intramolecular Hbond substituents is 2. The van der Waals surface area contributed by atoms with E-state index in [0.717, 1.165) is 19.3 Å². The zero-order valence-electron chi connectivity index (χ0n) is 14.5. The largest absolute Gasteiger partial charge is 0.507 e. The number of carbonyl (C=O) groups excluding carboxylic acids is 1. The first-order valence-corrected chi connectivity index (χ1v) is 9.21. The van der Waals surface area contributed by atoms with Crippen LogP contribution in [0, 0.1) is 0 Å². The molecular weight excluding hydrogens is 288 g/mol. The van der Waals surface area contributed by atoms with Crippen molar-refractivity contribution in [3.63, 3.8) is 0 Å². The average molecular weight is 320 g/mol. The van der Waals surface area contributed by atoms with Gasteiger partial charge in [-0.25, -0.2) is 0 Å². The highest BCUT2D eigenvalue weighted by molar-refractivity contribution is 6.01. The fraction of sp³-hybridized carbons (Fsp3) is 0.650. The summed E-state index contributed by atoms with van der Waals surface area (Å²) in [4.78, 5) is 12.0. The van der Waals surface area contributed by atoms with Crippen LogP contribution >= 0.6 is 0 Å². The molecule has 2 N–H and O–H groups in total. The summed E-state index contributed by atoms with van der Waals surface area (Å²) in [6, 6.07) is 4.41. The lowest BCUT2D eigenvalue weighted by Gasteiger charge is -2.06. The summed E-state index contributed by atoms with van der Waals surface area (Å²) >= 11 is 0. The number of ketones is 1. The molecule has 1 aromatic rings. The molecule has 0 spiro atoms. The molecule has 0 saturated carbocycles. The van der Waals surface area contributed by atoms with E-state index in [2.05, 4.69) is 6.92 Å². The van der Waals surface area contributed by atoms with E-state index in [1.54, 1.807) is 0 Å². The first-order chi connectivity index (χ1) is 11.2. The number of phenols is 2. The van der Waals surface area contributed by atoms with Crippen LogP contribution in [-0.2, 0) is 0 Å². The Kier molecular flexibility index (Phi) is 10.2. The normalized spacial score (nSPS) is 10.8. The Labute approximate surface area is 140 Å². The highest BCUT2D eigenvalue weighted by Gasteiger charge is 2.15. The second kappa shape index (κ2) is 12.0. The number of unbranched alkanes of at least 4 members (excludes halogenated alkanes) is 10. The molecule has 0 aliphatic carbocycles. The van der Waals surface area contributed by atoms with E-state index in [9.17, 15) is 15.0 Å². The van der Waals surface area contributed by atoms with Gasteiger partial charge in [0.05, 0.1) is 0 Å². The van der Waals surface area contributed by atoms with Gasteiger partial charge in [-0.15, -0.1) is 0 Å². The zero-order chi connectivity index (χ0) is 16.9. The summed E-state index contributed by atoms with van der Waals surface area (Å²) in [6.07, 6.45) is 14.0. The molecule has 23 heavy (non-hydrogen) atoms. The Balaban J connectivity index is 2.04. The maximum absolute atomic E-state index is 12.0. The number of carbonyl (C=O) groups is 1. The Hall–Kier alpha value is -1.51. The topological polar surface area (TPSA) is 57.5 Å². The van der Waals surface area contributed by atoms with E-state index < -0.39 is 0 Å². The maximum atomic E-state index is 12.0. The second-order valence-electron chi connectivity index (χ2n) is 6.38. The molecular formula is C20H32O3. The molecule has 0 radical (unpaired) electrons. The van der Waals surface area contributed by atoms with Gasteiger partial charge in [0.15, 0.2) is 5.78 Å². The number of hydrogen-bond donors (Lipinski definition) is 2. The van der Waals surface area contributed by atoms with Gasteiger partial charge in [-0.3, -0.25) is 4.79 Å². The molecule has 0 aliphatic heterocycles. The minimum Gasteiger partial charge on any atom is -0.507 e. The molecule has 130 valence electrons. The average Bonchev–Trinajstić information content (AvgIpc) is 2.52. The molecule has 0 amide bonds. The fourth-order valence-corrected chi connectivity index (χ4v) is 2.89. The Morgan fingerprint density at radius 3 is 1.70 bits per heavy atom. The molecule has 1 rings (SSSR count). The van der Waals surface area contributed by atoms with Crippen LogP contribution in [0.25, 0.3) is 0 Å². The van der Waals surface area contributed by atoms with Gasteiger partial charge in [-0.1, -0.05) is 77.2 Å². The third-order valence-electron chi connectivity index (χ3n) is 4.31. The van der Waals surface area contributed by atoms with Crippen LogP contribution in [0.5, 0.6) is 11.5 Å². The molecule has 0 saturated heterocycles. The van der Waals surface area contributed by atoms with E-state index in [-0.39, 0.29) is 22.8 Å². The summed E-state index contributed by atoms with van der Waals surface area (Å²) in [5.41, 5.74) is 0.0691. The van der Waals surface area contributed by atoms with Gasteiger partial charge in [0, 0.05) is 6.42 Å². The van der Waals surface area contributed by atoms with Crippen molar-refractivity contribution in [1.29, 1.82) is 0 Å². The standard InChI is InChI=1S/C20H32O3/c1-2-3-4-5-6-7-8-9-10-11-12-14-17(21)20-18(22)15-13-16-19(20)23/h13,15-16,22-23H,2-12,14H2,1H3. The van der Waals surface area contributed by atoms with E-state index in [1.165, 1.54) is 69.6 Å². The third kappa shape index (κ3) is 8.06. The highest BCUT2D eigenvalue weighted by atomic mass is 16.3. The first-order valence-electron chi connectivity index (χ1n) is 9.21. The van der Waals surface area contributed by atoms with E-state index in [4.69, 9.17) is 0 Å². The molecule has 0 heterocycles. The van der Waals surface area contributed by atoms with Crippen LogP contribution < -0.4 is 0 Å². The zero-order valence-corrected chi connectivity index (χ0v) is 14.5. The lowest BCUT2D eigenvalue weighted by atomic mass is 10.0. The molecule has 0 aromatic heterocycles. The van der Waals surface area contributed by atoms with Gasteiger partial charge in [0.25, 0.3) is 0 Å². The van der Waals surface area contributed by atoms with Crippen LogP contribution in [0.15, 0.2) is 18.2 Å². The Bertz CT molecular complexity index is 434. The van der Waals surface area contributed by atoms with Crippen molar-refractivity contribution in [2.24, 2.45) is 0 Å². The summed E-state index contributed by atoms with van der Waals surface area (Å²) in [6.45, 7) is 2.24. The van der Waals surface area contributed by atoms with E-state index >= 15 is 0 Å². The summed E-state index contributed by atoms with van der Waals surface area (Å²) in [7, 11) is 0. The number of benzene rings is 1. The third-order valence-corrected chi connectivity index (χ3v) is 4.31. The van der Waals surface area contributed by atoms with E-state index in [0.29, 0.717) is 6.42 Å². The predicted octanol–water partition coefficient (Wildman–Crippen LogP) is 5.98. The Morgan fingerprint density at radius 2 is 1.22 bits per heavy atom. The van der Waals surface area contributed by atoms with Gasteiger partial charge in [-0.05, 0) is 18.6 Å². The van der Waals surface area contributed by atoms with Crippen molar-refractivity contribution >= 4 is 5.78 Å². The lowest BCUT2D eigenvalue weighted by Crippen LogP contribution is -2.00. The molecule has 0 fully saturated rings. The van der Waals surface area contributed by atoms with Crippen LogP contribution in [-0.4, -0.2) is 16.0 Å². The van der Waals surface area contributed by atoms with Crippen molar-refractivity contribution in [1.82, 2.24) is 0 Å². The van der Waals surface area contributed by atoms with Crippen molar-refractivity contribution in [3.05, 3.63) is 23.8 Å². The molecule has 3 heteroatoms. The number of hydrogen-bond acceptors (Lipinski definition) is 3. The van der Waals surface area contributed by atoms with Gasteiger partial charge in [-0.2, -0.15) is 0 Å². The van der Waals surface area contributed by atoms with Crippen LogP contribution in [0.4, 0.5) is 0 Å². The van der Waals surface area contributed by atoms with Gasteiger partial charge in [0.1, 0.15) is 17.1 Å². The predicted molar refractivity (Wildman–Crippen MR) is 95.2 cm³/mol. The molecule has 1 aromatic carbocycles. The first kappa shape index (κ1) is 19.5. The van der Waals surface area contributed by atoms with Crippen molar-refractivity contribution < 1.29 is 15.0 Å². The summed E-state index contributed by atoms with van der Waals surface area (Å²) < 4.78 is 0. The van der Waals surface area contributed by atoms with Crippen LogP contribution in [0.2, 0.25) is 0 Å². The number of aromatic hydroxyl groups is 2. The lowest BCUT2D eigenvalue weighted by molar-refractivity contribution is 0.0973. The second-order valence-corrected chi connectivity index (χ2v) is 6.38. The molecule has 3 nitrogen and oxygen atoms in total. The van der Waals surface area contributed by atoms with Gasteiger partial charge in [0.2, 0.25) is 0 Å². The number of Topliss-reactive ketones (excluding diaryl/α,β-unsaturated/α-hetero) is 1. The Morgan fingerprint density at radius 1 is 0.783 bits per heavy atom. The van der Waals surface area contributed by atoms with Crippen molar-refractivity contribution in [3.8, 4) is 11.5 Å². The summed E-state index contributed by atoms with van der Waals surface area (Å²) in [5, 5.41) is 19.3. The molecule has 0 atom stereocenters. The SMILES string of the molecule is CCCCCCCCCCCCCC(=O)c1c(O)cccc1O. The van der Waals surface area contributed by atoms with E-state index in [1.807, 2.05) is 0 Å². The minimum absolute atomic E-state index is 0.0691. The monoisotopic (exact) mass is 320 g/mol. The van der Waals surface area contributed by atoms with Gasteiger partial charge < -0.3 is 10.2 Å². The van der Waals surface area contributed by atoms with Crippen molar-refractivity contribution in [2.45, 2.75) is 84.0 Å². The number of rotatable bonds is 13.